The fourth-order valence-electron chi connectivity index (χ4n) is 3.20. The second-order valence-corrected chi connectivity index (χ2v) is 6.61. The van der Waals surface area contributed by atoms with Crippen LogP contribution in [0.1, 0.15) is 41.6 Å². The van der Waals surface area contributed by atoms with E-state index < -0.39 is 23.8 Å². The van der Waals surface area contributed by atoms with E-state index in [9.17, 15) is 19.1 Å². The maximum atomic E-state index is 14.9. The van der Waals surface area contributed by atoms with Gasteiger partial charge in [-0.1, -0.05) is 6.07 Å². The minimum absolute atomic E-state index is 0.0375. The van der Waals surface area contributed by atoms with Crippen LogP contribution in [0, 0.1) is 23.0 Å². The molecule has 0 aliphatic carbocycles. The first-order valence-electron chi connectivity index (χ1n) is 9.04. The van der Waals surface area contributed by atoms with Crippen LogP contribution < -0.4 is 0 Å². The molecule has 30 heavy (non-hydrogen) atoms. The molecule has 1 aromatic carbocycles. The molecule has 3 rings (SSSR count). The van der Waals surface area contributed by atoms with E-state index >= 15 is 0 Å². The zero-order valence-electron chi connectivity index (χ0n) is 16.6. The van der Waals surface area contributed by atoms with Crippen molar-refractivity contribution in [2.24, 2.45) is 7.05 Å². The van der Waals surface area contributed by atoms with Crippen LogP contribution in [0.2, 0.25) is 0 Å². The Morgan fingerprint density at radius 1 is 1.27 bits per heavy atom. The van der Waals surface area contributed by atoms with Crippen molar-refractivity contribution < 1.29 is 23.4 Å². The molecule has 156 valence electrons. The highest BCUT2D eigenvalue weighted by atomic mass is 19.1. The first-order valence-corrected chi connectivity index (χ1v) is 9.04. The SMILES string of the molecule is COCOC(c1cc(C#N)n(C)n1)c1cccnc1-c1c(F)cc(F)cc1[C@@H](C)O. The second-order valence-electron chi connectivity index (χ2n) is 6.61. The van der Waals surface area contributed by atoms with Crippen LogP contribution in [0.4, 0.5) is 8.78 Å². The molecule has 0 aliphatic rings. The first kappa shape index (κ1) is 21.5. The number of nitrogens with zero attached hydrogens (tertiary/aromatic N) is 4. The van der Waals surface area contributed by atoms with E-state index in [-0.39, 0.29) is 23.6 Å². The molecule has 0 bridgehead atoms. The second kappa shape index (κ2) is 9.09. The number of ether oxygens (including phenoxy) is 2. The van der Waals surface area contributed by atoms with Gasteiger partial charge < -0.3 is 14.6 Å². The average molecular weight is 414 g/mol. The molecule has 3 aromatic rings. The van der Waals surface area contributed by atoms with E-state index in [4.69, 9.17) is 9.47 Å². The lowest BCUT2D eigenvalue weighted by Gasteiger charge is -2.21. The smallest absolute Gasteiger partial charge is 0.147 e. The van der Waals surface area contributed by atoms with Crippen LogP contribution in [0.3, 0.4) is 0 Å². The number of aliphatic hydroxyl groups is 1. The molecule has 0 saturated heterocycles. The molecule has 0 spiro atoms. The normalized spacial score (nSPS) is 13.1. The lowest BCUT2D eigenvalue weighted by molar-refractivity contribution is -0.0604. The van der Waals surface area contributed by atoms with Gasteiger partial charge in [0, 0.05) is 43.6 Å². The van der Waals surface area contributed by atoms with Crippen molar-refractivity contribution in [2.75, 3.05) is 13.9 Å². The molecule has 9 heteroatoms. The number of rotatable bonds is 7. The molecule has 2 heterocycles. The van der Waals surface area contributed by atoms with Gasteiger partial charge in [-0.3, -0.25) is 9.67 Å². The van der Waals surface area contributed by atoms with Gasteiger partial charge in [-0.05, 0) is 24.6 Å². The summed E-state index contributed by atoms with van der Waals surface area (Å²) in [6.07, 6.45) is -0.536. The highest BCUT2D eigenvalue weighted by Gasteiger charge is 2.27. The summed E-state index contributed by atoms with van der Waals surface area (Å²) in [5, 5.41) is 23.7. The standard InChI is InChI=1S/C21H20F2N4O3/c1-12(28)16-7-13(22)8-17(23)19(16)20-15(5-4-6-25-20)21(30-11-29-3)18-9-14(10-24)27(2)26-18/h4-9,12,21,28H,11H2,1-3H3/t12-,21?/m1/s1. The molecular weight excluding hydrogens is 394 g/mol. The quantitative estimate of drug-likeness (QED) is 0.596. The van der Waals surface area contributed by atoms with E-state index in [1.807, 2.05) is 6.07 Å². The van der Waals surface area contributed by atoms with Gasteiger partial charge in [0.15, 0.2) is 0 Å². The molecule has 0 saturated carbocycles. The highest BCUT2D eigenvalue weighted by molar-refractivity contribution is 5.69. The number of halogens is 2. The van der Waals surface area contributed by atoms with Crippen molar-refractivity contribution in [1.29, 1.82) is 5.26 Å². The molecule has 2 atom stereocenters. The number of pyridine rings is 1. The van der Waals surface area contributed by atoms with E-state index in [2.05, 4.69) is 10.1 Å². The number of aliphatic hydroxyl groups excluding tert-OH is 1. The maximum Gasteiger partial charge on any atom is 0.147 e. The fraction of sp³-hybridized carbons (Fsp3) is 0.286. The summed E-state index contributed by atoms with van der Waals surface area (Å²) in [6.45, 7) is 1.31. The van der Waals surface area contributed by atoms with Gasteiger partial charge in [-0.15, -0.1) is 0 Å². The van der Waals surface area contributed by atoms with Crippen LogP contribution in [0.25, 0.3) is 11.3 Å². The Morgan fingerprint density at radius 3 is 2.67 bits per heavy atom. The minimum Gasteiger partial charge on any atom is -0.389 e. The monoisotopic (exact) mass is 414 g/mol. The molecule has 7 nitrogen and oxygen atoms in total. The Kier molecular flexibility index (Phi) is 6.52. The summed E-state index contributed by atoms with van der Waals surface area (Å²) < 4.78 is 40.9. The zero-order valence-corrected chi connectivity index (χ0v) is 16.6. The number of aromatic nitrogens is 3. The van der Waals surface area contributed by atoms with Gasteiger partial charge in [-0.2, -0.15) is 10.4 Å². The first-order chi connectivity index (χ1) is 14.4. The van der Waals surface area contributed by atoms with Crippen LogP contribution in [-0.4, -0.2) is 33.8 Å². The molecular formula is C21H20F2N4O3. The largest absolute Gasteiger partial charge is 0.389 e. The molecule has 0 fully saturated rings. The Hall–Kier alpha value is -3.19. The summed E-state index contributed by atoms with van der Waals surface area (Å²) in [4.78, 5) is 4.29. The predicted octanol–water partition coefficient (Wildman–Crippen LogP) is 3.40. The van der Waals surface area contributed by atoms with E-state index in [1.54, 1.807) is 25.2 Å². The lowest BCUT2D eigenvalue weighted by Crippen LogP contribution is -2.13. The average Bonchev–Trinajstić information content (AvgIpc) is 3.08. The predicted molar refractivity (Wildman–Crippen MR) is 103 cm³/mol. The zero-order chi connectivity index (χ0) is 21.8. The number of nitriles is 1. The van der Waals surface area contributed by atoms with Gasteiger partial charge in [-0.25, -0.2) is 8.78 Å². The molecule has 0 amide bonds. The molecule has 0 aliphatic heterocycles. The minimum atomic E-state index is -1.14. The number of hydrogen-bond acceptors (Lipinski definition) is 6. The number of methoxy groups -OCH3 is 1. The van der Waals surface area contributed by atoms with Crippen LogP contribution >= 0.6 is 0 Å². The Morgan fingerprint density at radius 2 is 2.03 bits per heavy atom. The molecule has 0 radical (unpaired) electrons. The van der Waals surface area contributed by atoms with Gasteiger partial charge in [0.25, 0.3) is 0 Å². The lowest BCUT2D eigenvalue weighted by atomic mass is 9.93. The Balaban J connectivity index is 2.23. The molecule has 1 unspecified atom stereocenters. The van der Waals surface area contributed by atoms with E-state index in [0.717, 1.165) is 12.1 Å². The fourth-order valence-corrected chi connectivity index (χ4v) is 3.20. The summed E-state index contributed by atoms with van der Waals surface area (Å²) in [5.74, 6) is -1.67. The highest BCUT2D eigenvalue weighted by Crippen LogP contribution is 2.37. The number of aryl methyl sites for hydroxylation is 1. The Labute approximate surface area is 172 Å². The molecule has 1 N–H and O–H groups in total. The number of hydrogen-bond donors (Lipinski definition) is 1. The maximum absolute atomic E-state index is 14.9. The van der Waals surface area contributed by atoms with Gasteiger partial charge in [0.05, 0.1) is 17.5 Å². The summed E-state index contributed by atoms with van der Waals surface area (Å²) in [5.41, 5.74) is 1.29. The van der Waals surface area contributed by atoms with Crippen LogP contribution in [-0.2, 0) is 16.5 Å². The van der Waals surface area contributed by atoms with Crippen molar-refractivity contribution >= 4 is 0 Å². The van der Waals surface area contributed by atoms with Gasteiger partial charge >= 0.3 is 0 Å². The third kappa shape index (κ3) is 4.21. The third-order valence-electron chi connectivity index (χ3n) is 4.53. The van der Waals surface area contributed by atoms with E-state index in [0.29, 0.717) is 17.0 Å². The van der Waals surface area contributed by atoms with Crippen LogP contribution in [0.5, 0.6) is 0 Å². The van der Waals surface area contributed by atoms with Crippen molar-refractivity contribution in [3.05, 3.63) is 70.7 Å². The number of benzene rings is 1. The van der Waals surface area contributed by atoms with Crippen LogP contribution in [0.15, 0.2) is 36.5 Å². The summed E-state index contributed by atoms with van der Waals surface area (Å²) in [6, 6.07) is 8.69. The summed E-state index contributed by atoms with van der Waals surface area (Å²) >= 11 is 0. The summed E-state index contributed by atoms with van der Waals surface area (Å²) in [7, 11) is 3.07. The Bertz CT molecular complexity index is 1090. The molecule has 2 aromatic heterocycles. The van der Waals surface area contributed by atoms with E-state index in [1.165, 1.54) is 24.9 Å². The third-order valence-corrected chi connectivity index (χ3v) is 4.53. The van der Waals surface area contributed by atoms with Crippen molar-refractivity contribution in [3.63, 3.8) is 0 Å². The van der Waals surface area contributed by atoms with Crippen molar-refractivity contribution in [3.8, 4) is 17.3 Å². The topological polar surface area (TPSA) is 93.2 Å². The van der Waals surface area contributed by atoms with Gasteiger partial charge in [0.1, 0.15) is 36.3 Å². The van der Waals surface area contributed by atoms with Crippen molar-refractivity contribution in [2.45, 2.75) is 19.1 Å². The van der Waals surface area contributed by atoms with Gasteiger partial charge in [0.2, 0.25) is 0 Å². The van der Waals surface area contributed by atoms with Crippen molar-refractivity contribution in [1.82, 2.24) is 14.8 Å².